The van der Waals surface area contributed by atoms with Gasteiger partial charge >= 0.3 is 0 Å². The fraction of sp³-hybridized carbons (Fsp3) is 0.208. The van der Waals surface area contributed by atoms with Crippen LogP contribution in [0.4, 0.5) is 0 Å². The highest BCUT2D eigenvalue weighted by Gasteiger charge is 2.19. The number of hydrogen-bond donors (Lipinski definition) is 0. The molecular formula is C24H24N2. The maximum Gasteiger partial charge on any atom is 0.0749 e. The zero-order chi connectivity index (χ0) is 18.3. The van der Waals surface area contributed by atoms with E-state index in [4.69, 9.17) is 4.99 Å². The molecule has 0 bridgehead atoms. The second-order valence-corrected chi connectivity index (χ2v) is 6.84. The van der Waals surface area contributed by atoms with Gasteiger partial charge in [0.25, 0.3) is 0 Å². The monoisotopic (exact) mass is 340 g/mol. The Morgan fingerprint density at radius 3 is 2.42 bits per heavy atom. The topological polar surface area (TPSA) is 17.3 Å². The standard InChI is InChI=1S/C24H24N2/c1-5-25-24(20-14-9-12-18-11-8-10-16(2)22(18)20)23-17(3)26(4)21-15-7-6-13-19(21)23/h6-15H,5H2,1-4H3. The number of aryl methyl sites for hydroxylation is 2. The molecular weight excluding hydrogens is 316 g/mol. The molecule has 0 radical (unpaired) electrons. The molecule has 0 atom stereocenters. The maximum absolute atomic E-state index is 4.98. The van der Waals surface area contributed by atoms with Crippen LogP contribution in [0.15, 0.2) is 65.7 Å². The summed E-state index contributed by atoms with van der Waals surface area (Å²) in [5.74, 6) is 0. The number of hydrogen-bond acceptors (Lipinski definition) is 1. The first-order valence-electron chi connectivity index (χ1n) is 9.21. The van der Waals surface area contributed by atoms with Crippen molar-refractivity contribution < 1.29 is 0 Å². The summed E-state index contributed by atoms with van der Waals surface area (Å²) < 4.78 is 2.27. The minimum Gasteiger partial charge on any atom is -0.347 e. The first kappa shape index (κ1) is 16.6. The van der Waals surface area contributed by atoms with E-state index in [2.05, 4.69) is 93.0 Å². The van der Waals surface area contributed by atoms with Crippen molar-refractivity contribution in [3.05, 3.63) is 83.0 Å². The lowest BCUT2D eigenvalue weighted by molar-refractivity contribution is 0.916. The molecule has 26 heavy (non-hydrogen) atoms. The van der Waals surface area contributed by atoms with E-state index in [1.165, 1.54) is 44.1 Å². The lowest BCUT2D eigenvalue weighted by Crippen LogP contribution is -2.08. The van der Waals surface area contributed by atoms with Gasteiger partial charge in [0.15, 0.2) is 0 Å². The summed E-state index contributed by atoms with van der Waals surface area (Å²) in [5, 5.41) is 3.84. The number of para-hydroxylation sites is 1. The summed E-state index contributed by atoms with van der Waals surface area (Å²) in [5.41, 5.74) is 7.37. The Morgan fingerprint density at radius 1 is 0.923 bits per heavy atom. The van der Waals surface area contributed by atoms with Gasteiger partial charge in [0.05, 0.1) is 5.71 Å². The Bertz CT molecular complexity index is 1140. The Kier molecular flexibility index (Phi) is 4.12. The number of aromatic nitrogens is 1. The van der Waals surface area contributed by atoms with E-state index in [0.717, 1.165) is 12.3 Å². The lowest BCUT2D eigenvalue weighted by Gasteiger charge is -2.13. The second-order valence-electron chi connectivity index (χ2n) is 6.84. The molecule has 0 saturated heterocycles. The van der Waals surface area contributed by atoms with Crippen molar-refractivity contribution in [1.29, 1.82) is 0 Å². The molecule has 0 amide bonds. The number of aliphatic imine (C=N–C) groups is 1. The van der Waals surface area contributed by atoms with Gasteiger partial charge in [0, 0.05) is 41.3 Å². The fourth-order valence-corrected chi connectivity index (χ4v) is 4.00. The van der Waals surface area contributed by atoms with Crippen molar-refractivity contribution in [3.8, 4) is 0 Å². The molecule has 3 aromatic carbocycles. The third-order valence-corrected chi connectivity index (χ3v) is 5.32. The van der Waals surface area contributed by atoms with Gasteiger partial charge in [0.2, 0.25) is 0 Å². The number of rotatable bonds is 3. The van der Waals surface area contributed by atoms with Crippen molar-refractivity contribution in [2.75, 3.05) is 6.54 Å². The maximum atomic E-state index is 4.98. The van der Waals surface area contributed by atoms with Crippen LogP contribution in [0.2, 0.25) is 0 Å². The van der Waals surface area contributed by atoms with Crippen LogP contribution >= 0.6 is 0 Å². The highest BCUT2D eigenvalue weighted by Crippen LogP contribution is 2.31. The second kappa shape index (κ2) is 6.45. The van der Waals surface area contributed by atoms with Gasteiger partial charge in [-0.1, -0.05) is 54.6 Å². The molecule has 0 aliphatic heterocycles. The van der Waals surface area contributed by atoms with E-state index in [0.29, 0.717) is 0 Å². The SMILES string of the molecule is CCN=C(c1c(C)n(C)c2ccccc12)c1cccc2cccc(C)c12. The van der Waals surface area contributed by atoms with Crippen LogP contribution in [0, 0.1) is 13.8 Å². The van der Waals surface area contributed by atoms with Gasteiger partial charge in [-0.15, -0.1) is 0 Å². The molecule has 2 heteroatoms. The molecule has 0 unspecified atom stereocenters. The van der Waals surface area contributed by atoms with Crippen LogP contribution < -0.4 is 0 Å². The van der Waals surface area contributed by atoms with Crippen LogP contribution in [-0.2, 0) is 7.05 Å². The van der Waals surface area contributed by atoms with Crippen molar-refractivity contribution in [2.24, 2.45) is 12.0 Å². The van der Waals surface area contributed by atoms with Crippen LogP contribution in [-0.4, -0.2) is 16.8 Å². The first-order chi connectivity index (χ1) is 12.6. The van der Waals surface area contributed by atoms with E-state index < -0.39 is 0 Å². The van der Waals surface area contributed by atoms with Crippen molar-refractivity contribution in [1.82, 2.24) is 4.57 Å². The van der Waals surface area contributed by atoms with Crippen molar-refractivity contribution in [2.45, 2.75) is 20.8 Å². The largest absolute Gasteiger partial charge is 0.347 e. The molecule has 1 aromatic heterocycles. The Labute approximate surface area is 154 Å². The quantitative estimate of drug-likeness (QED) is 0.419. The first-order valence-corrected chi connectivity index (χ1v) is 9.21. The van der Waals surface area contributed by atoms with Crippen LogP contribution in [0.25, 0.3) is 21.7 Å². The molecule has 0 saturated carbocycles. The average Bonchev–Trinajstić information content (AvgIpc) is 2.91. The molecule has 0 fully saturated rings. The van der Waals surface area contributed by atoms with Crippen LogP contribution in [0.1, 0.15) is 29.3 Å². The van der Waals surface area contributed by atoms with Gasteiger partial charge in [-0.05, 0) is 43.2 Å². The van der Waals surface area contributed by atoms with E-state index in [1.807, 2.05) is 0 Å². The Hall–Kier alpha value is -2.87. The van der Waals surface area contributed by atoms with Gasteiger partial charge < -0.3 is 4.57 Å². The summed E-state index contributed by atoms with van der Waals surface area (Å²) in [6.07, 6.45) is 0. The molecule has 0 aliphatic rings. The minimum absolute atomic E-state index is 0.764. The van der Waals surface area contributed by atoms with Gasteiger partial charge in [-0.2, -0.15) is 0 Å². The van der Waals surface area contributed by atoms with Gasteiger partial charge in [-0.3, -0.25) is 4.99 Å². The summed E-state index contributed by atoms with van der Waals surface area (Å²) in [7, 11) is 2.14. The van der Waals surface area contributed by atoms with Crippen molar-refractivity contribution >= 4 is 27.4 Å². The van der Waals surface area contributed by atoms with Gasteiger partial charge in [0.1, 0.15) is 0 Å². The Morgan fingerprint density at radius 2 is 1.65 bits per heavy atom. The number of fused-ring (bicyclic) bond motifs is 2. The van der Waals surface area contributed by atoms with Crippen LogP contribution in [0.3, 0.4) is 0 Å². The zero-order valence-corrected chi connectivity index (χ0v) is 15.9. The molecule has 2 nitrogen and oxygen atoms in total. The third-order valence-electron chi connectivity index (χ3n) is 5.32. The van der Waals surface area contributed by atoms with E-state index in [1.54, 1.807) is 0 Å². The fourth-order valence-electron chi connectivity index (χ4n) is 4.00. The molecule has 4 rings (SSSR count). The lowest BCUT2D eigenvalue weighted by atomic mass is 9.92. The average molecular weight is 340 g/mol. The molecule has 0 aliphatic carbocycles. The highest BCUT2D eigenvalue weighted by atomic mass is 14.9. The molecule has 0 spiro atoms. The summed E-state index contributed by atoms with van der Waals surface area (Å²) >= 11 is 0. The van der Waals surface area contributed by atoms with Gasteiger partial charge in [-0.25, -0.2) is 0 Å². The normalized spacial score (nSPS) is 12.2. The highest BCUT2D eigenvalue weighted by molar-refractivity contribution is 6.25. The number of benzene rings is 3. The smallest absolute Gasteiger partial charge is 0.0749 e. The number of nitrogens with zero attached hydrogens (tertiary/aromatic N) is 2. The van der Waals surface area contributed by atoms with E-state index in [-0.39, 0.29) is 0 Å². The predicted molar refractivity (Wildman–Crippen MR) is 113 cm³/mol. The molecule has 4 aromatic rings. The summed E-state index contributed by atoms with van der Waals surface area (Å²) in [6.45, 7) is 7.25. The summed E-state index contributed by atoms with van der Waals surface area (Å²) in [6, 6.07) is 21.6. The summed E-state index contributed by atoms with van der Waals surface area (Å²) in [4.78, 5) is 4.98. The van der Waals surface area contributed by atoms with E-state index >= 15 is 0 Å². The molecule has 0 N–H and O–H groups in total. The molecule has 1 heterocycles. The van der Waals surface area contributed by atoms with Crippen LogP contribution in [0.5, 0.6) is 0 Å². The van der Waals surface area contributed by atoms with E-state index in [9.17, 15) is 0 Å². The van der Waals surface area contributed by atoms with Crippen molar-refractivity contribution in [3.63, 3.8) is 0 Å². The predicted octanol–water partition coefficient (Wildman–Crippen LogP) is 5.81. The minimum atomic E-state index is 0.764. The third kappa shape index (κ3) is 2.45. The Balaban J connectivity index is 2.10. The molecule has 130 valence electrons. The zero-order valence-electron chi connectivity index (χ0n) is 15.9.